The number of para-hydroxylation sites is 4. The third-order valence-corrected chi connectivity index (χ3v) is 17.1. The molecule has 0 aliphatic carbocycles. The summed E-state index contributed by atoms with van der Waals surface area (Å²) in [5.41, 5.74) is 13.3. The van der Waals surface area contributed by atoms with Crippen molar-refractivity contribution in [2.75, 3.05) is 4.90 Å². The molecule has 2 nitrogen and oxygen atoms in total. The second-order valence-corrected chi connectivity index (χ2v) is 18.0. The number of benzene rings is 8. The quantitative estimate of drug-likeness (QED) is 0.161. The second kappa shape index (κ2) is 10.1. The molecule has 8 aromatic rings. The SMILES string of the molecule is c1ccc2c(c1)Oc1ccccc1C21c2ccccc2N(c2ccc3c(c2)[Si]2(c4ccccc4-c4ccccc42)c2ccccc2-3)c2ccccc21. The normalized spacial score (nSPS) is 15.3. The lowest BCUT2D eigenvalue weighted by atomic mass is 9.61. The summed E-state index contributed by atoms with van der Waals surface area (Å²) in [6.07, 6.45) is 0. The van der Waals surface area contributed by atoms with Gasteiger partial charge in [0.15, 0.2) is 8.07 Å². The fourth-order valence-corrected chi connectivity index (χ4v) is 16.0. The number of hydrogen-bond acceptors (Lipinski definition) is 2. The molecular formula is C49H31NOSi. The Bertz CT molecular complexity index is 2660. The fourth-order valence-electron chi connectivity index (χ4n) is 10.3. The number of fused-ring (bicyclic) bond motifs is 18. The minimum Gasteiger partial charge on any atom is -0.457 e. The highest BCUT2D eigenvalue weighted by molar-refractivity contribution is 7.24. The average molecular weight is 678 g/mol. The average Bonchev–Trinajstić information content (AvgIpc) is 3.68. The molecular weight excluding hydrogens is 647 g/mol. The molecule has 2 spiro atoms. The van der Waals surface area contributed by atoms with Crippen molar-refractivity contribution in [3.63, 3.8) is 0 Å². The van der Waals surface area contributed by atoms with Gasteiger partial charge in [-0.1, -0.05) is 152 Å². The zero-order valence-electron chi connectivity index (χ0n) is 28.3. The van der Waals surface area contributed by atoms with Gasteiger partial charge in [0.05, 0.1) is 16.8 Å². The molecule has 8 aromatic carbocycles. The summed E-state index contributed by atoms with van der Waals surface area (Å²) < 4.78 is 6.63. The molecule has 12 rings (SSSR count). The van der Waals surface area contributed by atoms with Crippen LogP contribution in [0.1, 0.15) is 22.3 Å². The van der Waals surface area contributed by atoms with Gasteiger partial charge < -0.3 is 9.64 Å². The van der Waals surface area contributed by atoms with Crippen LogP contribution in [0, 0.1) is 0 Å². The largest absolute Gasteiger partial charge is 0.457 e. The van der Waals surface area contributed by atoms with E-state index in [1.165, 1.54) is 82.3 Å². The van der Waals surface area contributed by atoms with Crippen LogP contribution in [0.25, 0.3) is 22.3 Å². The van der Waals surface area contributed by atoms with Crippen LogP contribution in [0.15, 0.2) is 188 Å². The summed E-state index contributed by atoms with van der Waals surface area (Å²) in [6.45, 7) is 0. The van der Waals surface area contributed by atoms with Crippen LogP contribution in [-0.4, -0.2) is 8.07 Å². The summed E-state index contributed by atoms with van der Waals surface area (Å²) in [4.78, 5) is 2.52. The maximum Gasteiger partial charge on any atom is 0.182 e. The van der Waals surface area contributed by atoms with Crippen LogP contribution >= 0.6 is 0 Å². The highest BCUT2D eigenvalue weighted by Crippen LogP contribution is 2.62. The lowest BCUT2D eigenvalue weighted by Crippen LogP contribution is -2.70. The van der Waals surface area contributed by atoms with Gasteiger partial charge in [-0.25, -0.2) is 0 Å². The van der Waals surface area contributed by atoms with E-state index < -0.39 is 13.5 Å². The number of hydrogen-bond donors (Lipinski definition) is 0. The molecule has 0 bridgehead atoms. The third kappa shape index (κ3) is 3.26. The van der Waals surface area contributed by atoms with Crippen molar-refractivity contribution in [2.45, 2.75) is 5.41 Å². The third-order valence-electron chi connectivity index (χ3n) is 12.1. The lowest BCUT2D eigenvalue weighted by molar-refractivity contribution is 0.434. The first-order valence-corrected chi connectivity index (χ1v) is 20.1. The van der Waals surface area contributed by atoms with Crippen LogP contribution < -0.4 is 30.4 Å². The first-order valence-electron chi connectivity index (χ1n) is 18.1. The first-order chi connectivity index (χ1) is 25.8. The van der Waals surface area contributed by atoms with Crippen molar-refractivity contribution in [1.29, 1.82) is 0 Å². The highest BCUT2D eigenvalue weighted by Gasteiger charge is 2.55. The molecule has 0 amide bonds. The fraction of sp³-hybridized carbons (Fsp3) is 0.0204. The van der Waals surface area contributed by atoms with Gasteiger partial charge in [-0.2, -0.15) is 0 Å². The molecule has 0 saturated heterocycles. The highest BCUT2D eigenvalue weighted by atomic mass is 28.3. The van der Waals surface area contributed by atoms with E-state index in [1.807, 2.05) is 0 Å². The van der Waals surface area contributed by atoms with E-state index in [4.69, 9.17) is 4.74 Å². The Morgan fingerprint density at radius 1 is 0.365 bits per heavy atom. The van der Waals surface area contributed by atoms with Crippen molar-refractivity contribution in [3.05, 3.63) is 210 Å². The van der Waals surface area contributed by atoms with E-state index in [-0.39, 0.29) is 0 Å². The maximum absolute atomic E-state index is 6.63. The van der Waals surface area contributed by atoms with Crippen LogP contribution in [0.3, 0.4) is 0 Å². The molecule has 0 saturated carbocycles. The van der Waals surface area contributed by atoms with Crippen LogP contribution in [-0.2, 0) is 5.41 Å². The van der Waals surface area contributed by atoms with E-state index in [0.717, 1.165) is 11.5 Å². The van der Waals surface area contributed by atoms with Crippen molar-refractivity contribution in [1.82, 2.24) is 0 Å². The second-order valence-electron chi connectivity index (χ2n) is 14.3. The monoisotopic (exact) mass is 677 g/mol. The van der Waals surface area contributed by atoms with Gasteiger partial charge in [0.1, 0.15) is 11.5 Å². The van der Waals surface area contributed by atoms with E-state index in [9.17, 15) is 0 Å². The van der Waals surface area contributed by atoms with Crippen LogP contribution in [0.4, 0.5) is 17.1 Å². The van der Waals surface area contributed by atoms with E-state index in [1.54, 1.807) is 0 Å². The summed E-state index contributed by atoms with van der Waals surface area (Å²) in [5.74, 6) is 1.81. The Balaban J connectivity index is 1.16. The minimum absolute atomic E-state index is 0.554. The number of rotatable bonds is 1. The Morgan fingerprint density at radius 2 is 0.769 bits per heavy atom. The Hall–Kier alpha value is -6.42. The van der Waals surface area contributed by atoms with Crippen molar-refractivity contribution < 1.29 is 4.74 Å². The molecule has 3 heteroatoms. The van der Waals surface area contributed by atoms with E-state index in [0.29, 0.717) is 0 Å². The molecule has 0 radical (unpaired) electrons. The molecule has 0 fully saturated rings. The molecule has 0 atom stereocenters. The summed E-state index contributed by atoms with van der Waals surface area (Å²) in [6, 6.07) is 70.1. The number of ether oxygens (including phenoxy) is 1. The van der Waals surface area contributed by atoms with Gasteiger partial charge in [-0.05, 0) is 90.5 Å². The van der Waals surface area contributed by atoms with Gasteiger partial charge in [0.2, 0.25) is 0 Å². The number of nitrogens with zero attached hydrogens (tertiary/aromatic N) is 1. The molecule has 0 N–H and O–H groups in total. The minimum atomic E-state index is -2.61. The van der Waals surface area contributed by atoms with E-state index in [2.05, 4.69) is 193 Å². The van der Waals surface area contributed by atoms with Crippen molar-refractivity contribution in [2.24, 2.45) is 0 Å². The molecule has 52 heavy (non-hydrogen) atoms. The predicted octanol–water partition coefficient (Wildman–Crippen LogP) is 9.30. The Labute approximate surface area is 303 Å². The van der Waals surface area contributed by atoms with Gasteiger partial charge in [0, 0.05) is 16.8 Å². The summed E-state index contributed by atoms with van der Waals surface area (Å²) in [5, 5.41) is 5.95. The smallest absolute Gasteiger partial charge is 0.182 e. The van der Waals surface area contributed by atoms with Crippen LogP contribution in [0.2, 0.25) is 0 Å². The standard InChI is InChI=1S/C49H31NOSi/c1-12-26-45-33(15-1)34-16-2-13-27-46(34)52(45)47-28-14-3-17-35(47)36-30-29-32(31-48(36)52)50-41-22-8-4-18-37(41)49(38-19-5-9-23-42(38)50)39-20-6-10-24-43(39)51-44-25-11-7-21-40(44)49/h1-31H. The molecule has 4 heterocycles. The Morgan fingerprint density at radius 3 is 1.29 bits per heavy atom. The zero-order valence-corrected chi connectivity index (χ0v) is 29.3. The Kier molecular flexibility index (Phi) is 5.49. The van der Waals surface area contributed by atoms with Crippen LogP contribution in [0.5, 0.6) is 11.5 Å². The van der Waals surface area contributed by atoms with Crippen molar-refractivity contribution >= 4 is 45.9 Å². The molecule has 0 aromatic heterocycles. The van der Waals surface area contributed by atoms with E-state index >= 15 is 0 Å². The first kappa shape index (κ1) is 28.3. The van der Waals surface area contributed by atoms with Crippen molar-refractivity contribution in [3.8, 4) is 33.8 Å². The summed E-state index contributed by atoms with van der Waals surface area (Å²) >= 11 is 0. The van der Waals surface area contributed by atoms with Gasteiger partial charge in [0.25, 0.3) is 0 Å². The number of anilines is 3. The predicted molar refractivity (Wildman–Crippen MR) is 215 cm³/mol. The molecule has 4 aliphatic rings. The summed E-state index contributed by atoms with van der Waals surface area (Å²) in [7, 11) is -2.61. The van der Waals surface area contributed by atoms with Gasteiger partial charge in [-0.15, -0.1) is 0 Å². The molecule has 242 valence electrons. The van der Waals surface area contributed by atoms with Gasteiger partial charge >= 0.3 is 0 Å². The maximum atomic E-state index is 6.63. The topological polar surface area (TPSA) is 12.5 Å². The van der Waals surface area contributed by atoms with Gasteiger partial charge in [-0.3, -0.25) is 0 Å². The zero-order chi connectivity index (χ0) is 34.0. The molecule has 4 aliphatic heterocycles. The lowest BCUT2D eigenvalue weighted by Gasteiger charge is -2.48. The molecule has 0 unspecified atom stereocenters.